The summed E-state index contributed by atoms with van der Waals surface area (Å²) in [7, 11) is 3.99. The molecule has 1 aromatic heterocycles. The molecule has 0 radical (unpaired) electrons. The van der Waals surface area contributed by atoms with Gasteiger partial charge in [0.2, 0.25) is 5.91 Å². The van der Waals surface area contributed by atoms with E-state index in [9.17, 15) is 9.59 Å². The quantitative estimate of drug-likeness (QED) is 0.826. The molecule has 1 N–H and O–H groups in total. The maximum absolute atomic E-state index is 12.8. The normalized spacial score (nSPS) is 14.1. The first-order valence-electron chi connectivity index (χ1n) is 9.22. The van der Waals surface area contributed by atoms with Crippen LogP contribution in [-0.2, 0) is 11.3 Å². The van der Waals surface area contributed by atoms with Crippen LogP contribution in [0, 0.1) is 0 Å². The van der Waals surface area contributed by atoms with E-state index in [1.807, 2.05) is 57.1 Å². The number of nitrogens with one attached hydrogen (secondary N) is 1. The van der Waals surface area contributed by atoms with Gasteiger partial charge in [-0.1, -0.05) is 37.3 Å². The third-order valence-corrected chi connectivity index (χ3v) is 5.70. The molecule has 3 rings (SSSR count). The van der Waals surface area contributed by atoms with Crippen LogP contribution in [0.3, 0.4) is 0 Å². The van der Waals surface area contributed by atoms with Crippen LogP contribution in [0.25, 0.3) is 0 Å². The first-order chi connectivity index (χ1) is 12.9. The number of hydrogen-bond acceptors (Lipinski definition) is 5. The van der Waals surface area contributed by atoms with Gasteiger partial charge < -0.3 is 10.2 Å². The largest absolute Gasteiger partial charge is 0.378 e. The Kier molecular flexibility index (Phi) is 5.79. The molecule has 0 aliphatic carbocycles. The predicted octanol–water partition coefficient (Wildman–Crippen LogP) is 3.39. The lowest BCUT2D eigenvalue weighted by Crippen LogP contribution is -2.23. The molecule has 1 aliphatic heterocycles. The molecule has 27 heavy (non-hydrogen) atoms. The molecule has 2 amide bonds. The molecule has 0 spiro atoms. The lowest BCUT2D eigenvalue weighted by molar-refractivity contribution is -0.117. The van der Waals surface area contributed by atoms with Gasteiger partial charge in [0.25, 0.3) is 5.91 Å². The first kappa shape index (κ1) is 19.4. The van der Waals surface area contributed by atoms with Gasteiger partial charge in [-0.2, -0.15) is 0 Å². The highest BCUT2D eigenvalue weighted by Gasteiger charge is 2.28. The van der Waals surface area contributed by atoms with E-state index < -0.39 is 0 Å². The Balaban J connectivity index is 1.73. The summed E-state index contributed by atoms with van der Waals surface area (Å²) >= 11 is 1.31. The monoisotopic (exact) mass is 386 g/mol. The topological polar surface area (TPSA) is 65.5 Å². The molecular formula is C20H26N4O2S. The van der Waals surface area contributed by atoms with Crippen molar-refractivity contribution >= 4 is 34.0 Å². The van der Waals surface area contributed by atoms with E-state index in [-0.39, 0.29) is 17.7 Å². The zero-order valence-electron chi connectivity index (χ0n) is 16.3. The molecular weight excluding hydrogens is 360 g/mol. The van der Waals surface area contributed by atoms with Crippen molar-refractivity contribution in [3.8, 4) is 0 Å². The molecule has 2 aromatic rings. The number of anilines is 2. The highest BCUT2D eigenvalue weighted by atomic mass is 32.1. The summed E-state index contributed by atoms with van der Waals surface area (Å²) in [6.45, 7) is 5.17. The van der Waals surface area contributed by atoms with Crippen molar-refractivity contribution in [2.24, 2.45) is 0 Å². The van der Waals surface area contributed by atoms with E-state index in [1.165, 1.54) is 11.3 Å². The fourth-order valence-electron chi connectivity index (χ4n) is 3.01. The van der Waals surface area contributed by atoms with Crippen molar-refractivity contribution in [2.75, 3.05) is 30.4 Å². The van der Waals surface area contributed by atoms with Gasteiger partial charge in [0.15, 0.2) is 5.13 Å². The fraction of sp³-hybridized carbons (Fsp3) is 0.450. The van der Waals surface area contributed by atoms with Gasteiger partial charge in [0.1, 0.15) is 4.88 Å². The number of rotatable bonds is 6. The Morgan fingerprint density at radius 1 is 1.30 bits per heavy atom. The molecule has 0 unspecified atom stereocenters. The molecule has 0 bridgehead atoms. The van der Waals surface area contributed by atoms with E-state index in [0.717, 1.165) is 23.4 Å². The first-order valence-corrected chi connectivity index (χ1v) is 10.0. The Morgan fingerprint density at radius 3 is 2.56 bits per heavy atom. The zero-order chi connectivity index (χ0) is 19.6. The average Bonchev–Trinajstić information content (AvgIpc) is 3.26. The highest BCUT2D eigenvalue weighted by Crippen LogP contribution is 2.33. The summed E-state index contributed by atoms with van der Waals surface area (Å²) in [5, 5.41) is 3.63. The average molecular weight is 387 g/mol. The standard InChI is InChI=1S/C20H26N4O2S/c1-13(2)17-18(27-20(22-17)24-11-5-6-16(24)25)19(26)21-12-14-7-9-15(10-8-14)23(3)4/h7-10,13H,5-6,11-12H2,1-4H3,(H,21,26). The molecule has 0 saturated carbocycles. The van der Waals surface area contributed by atoms with Crippen molar-refractivity contribution in [1.82, 2.24) is 10.3 Å². The van der Waals surface area contributed by atoms with Gasteiger partial charge >= 0.3 is 0 Å². The van der Waals surface area contributed by atoms with Gasteiger partial charge in [0, 0.05) is 39.3 Å². The second-order valence-electron chi connectivity index (χ2n) is 7.26. The van der Waals surface area contributed by atoms with Gasteiger partial charge in [-0.15, -0.1) is 0 Å². The molecule has 6 nitrogen and oxygen atoms in total. The summed E-state index contributed by atoms with van der Waals surface area (Å²) in [5.74, 6) is 0.0746. The minimum Gasteiger partial charge on any atom is -0.378 e. The van der Waals surface area contributed by atoms with Crippen molar-refractivity contribution in [2.45, 2.75) is 39.2 Å². The molecule has 2 heterocycles. The van der Waals surface area contributed by atoms with E-state index in [2.05, 4.69) is 10.3 Å². The minimum absolute atomic E-state index is 0.0898. The Hall–Kier alpha value is -2.41. The number of benzene rings is 1. The maximum Gasteiger partial charge on any atom is 0.263 e. The molecule has 1 fully saturated rings. The van der Waals surface area contributed by atoms with Gasteiger partial charge in [-0.05, 0) is 30.0 Å². The summed E-state index contributed by atoms with van der Waals surface area (Å²) < 4.78 is 0. The van der Waals surface area contributed by atoms with Crippen LogP contribution in [0.4, 0.5) is 10.8 Å². The number of hydrogen-bond donors (Lipinski definition) is 1. The lowest BCUT2D eigenvalue weighted by Gasteiger charge is -2.13. The Bertz CT molecular complexity index is 827. The number of nitrogens with zero attached hydrogens (tertiary/aromatic N) is 3. The number of thiazole rings is 1. The Morgan fingerprint density at radius 2 is 2.00 bits per heavy atom. The molecule has 1 aromatic carbocycles. The summed E-state index contributed by atoms with van der Waals surface area (Å²) in [6.07, 6.45) is 1.40. The number of carbonyl (C=O) groups is 2. The third-order valence-electron chi connectivity index (χ3n) is 4.61. The number of amides is 2. The second-order valence-corrected chi connectivity index (χ2v) is 8.24. The zero-order valence-corrected chi connectivity index (χ0v) is 17.1. The number of carbonyl (C=O) groups excluding carboxylic acids is 2. The van der Waals surface area contributed by atoms with E-state index in [4.69, 9.17) is 0 Å². The third kappa shape index (κ3) is 4.30. The van der Waals surface area contributed by atoms with Crippen molar-refractivity contribution in [3.63, 3.8) is 0 Å². The predicted molar refractivity (Wildman–Crippen MR) is 110 cm³/mol. The lowest BCUT2D eigenvalue weighted by atomic mass is 10.1. The van der Waals surface area contributed by atoms with E-state index in [1.54, 1.807) is 4.90 Å². The van der Waals surface area contributed by atoms with Gasteiger partial charge in [-0.25, -0.2) is 4.98 Å². The van der Waals surface area contributed by atoms with Crippen LogP contribution in [0.2, 0.25) is 0 Å². The molecule has 1 aliphatic rings. The summed E-state index contributed by atoms with van der Waals surface area (Å²) in [5.41, 5.74) is 2.92. The van der Waals surface area contributed by atoms with Gasteiger partial charge in [-0.3, -0.25) is 14.5 Å². The second kappa shape index (κ2) is 8.08. The molecule has 144 valence electrons. The van der Waals surface area contributed by atoms with Crippen molar-refractivity contribution in [3.05, 3.63) is 40.4 Å². The summed E-state index contributed by atoms with van der Waals surface area (Å²) in [6, 6.07) is 8.09. The van der Waals surface area contributed by atoms with E-state index in [0.29, 0.717) is 29.5 Å². The van der Waals surface area contributed by atoms with Crippen LogP contribution < -0.4 is 15.1 Å². The highest BCUT2D eigenvalue weighted by molar-refractivity contribution is 7.17. The molecule has 0 atom stereocenters. The van der Waals surface area contributed by atoms with Crippen molar-refractivity contribution in [1.29, 1.82) is 0 Å². The SMILES string of the molecule is CC(C)c1nc(N2CCCC2=O)sc1C(=O)NCc1ccc(N(C)C)cc1. The number of aromatic nitrogens is 1. The minimum atomic E-state index is -0.134. The van der Waals surface area contributed by atoms with Crippen LogP contribution in [0.15, 0.2) is 24.3 Å². The van der Waals surface area contributed by atoms with E-state index >= 15 is 0 Å². The molecule has 1 saturated heterocycles. The van der Waals surface area contributed by atoms with Crippen molar-refractivity contribution < 1.29 is 9.59 Å². The summed E-state index contributed by atoms with van der Waals surface area (Å²) in [4.78, 5) is 33.7. The van der Waals surface area contributed by atoms with Gasteiger partial charge in [0.05, 0.1) is 5.69 Å². The van der Waals surface area contributed by atoms with Crippen LogP contribution in [-0.4, -0.2) is 37.4 Å². The van der Waals surface area contributed by atoms with Crippen LogP contribution in [0.1, 0.15) is 53.5 Å². The van der Waals surface area contributed by atoms with Crippen LogP contribution in [0.5, 0.6) is 0 Å². The smallest absolute Gasteiger partial charge is 0.263 e. The fourth-order valence-corrected chi connectivity index (χ4v) is 4.20. The Labute approximate surface area is 164 Å². The maximum atomic E-state index is 12.8. The van der Waals surface area contributed by atoms with Crippen LogP contribution >= 0.6 is 11.3 Å². The molecule has 7 heteroatoms.